The second-order valence-electron chi connectivity index (χ2n) is 5.40. The number of carbonyl (C=O) groups is 1. The molecule has 2 aromatic rings. The molecular formula is C18H21FN2O. The summed E-state index contributed by atoms with van der Waals surface area (Å²) in [6.45, 7) is 3.07. The number of amides is 1. The average Bonchev–Trinajstić information content (AvgIpc) is 2.47. The van der Waals surface area contributed by atoms with Crippen molar-refractivity contribution < 1.29 is 9.18 Å². The largest absolute Gasteiger partial charge is 0.325 e. The lowest BCUT2D eigenvalue weighted by molar-refractivity contribution is -0.117. The van der Waals surface area contributed by atoms with E-state index in [4.69, 9.17) is 0 Å². The first-order valence-corrected chi connectivity index (χ1v) is 7.38. The Morgan fingerprint density at radius 1 is 1.14 bits per heavy atom. The summed E-state index contributed by atoms with van der Waals surface area (Å²) in [7, 11) is 1.89. The molecule has 0 aliphatic rings. The highest BCUT2D eigenvalue weighted by Crippen LogP contribution is 2.10. The average molecular weight is 300 g/mol. The van der Waals surface area contributed by atoms with Crippen molar-refractivity contribution in [2.45, 2.75) is 19.9 Å². The van der Waals surface area contributed by atoms with E-state index >= 15 is 0 Å². The molecule has 0 saturated heterocycles. The van der Waals surface area contributed by atoms with Crippen LogP contribution >= 0.6 is 0 Å². The monoisotopic (exact) mass is 300 g/mol. The van der Waals surface area contributed by atoms with E-state index in [1.807, 2.05) is 11.9 Å². The van der Waals surface area contributed by atoms with E-state index in [1.54, 1.807) is 12.1 Å². The zero-order chi connectivity index (χ0) is 15.9. The maximum Gasteiger partial charge on any atom is 0.238 e. The standard InChI is InChI=1S/C18H21FN2O/c1-3-14-7-9-15(10-8-14)12-21(2)13-18(22)20-17-6-4-5-16(19)11-17/h4-11H,3,12-13H2,1-2H3,(H,20,22). The van der Waals surface area contributed by atoms with E-state index in [0.29, 0.717) is 12.2 Å². The predicted octanol–water partition coefficient (Wildman–Crippen LogP) is 3.46. The molecule has 0 fully saturated rings. The van der Waals surface area contributed by atoms with Crippen LogP contribution in [0.4, 0.5) is 10.1 Å². The summed E-state index contributed by atoms with van der Waals surface area (Å²) in [5.41, 5.74) is 2.94. The molecule has 0 spiro atoms. The van der Waals surface area contributed by atoms with Crippen molar-refractivity contribution in [2.75, 3.05) is 18.9 Å². The second kappa shape index (κ2) is 7.71. The van der Waals surface area contributed by atoms with Gasteiger partial charge in [0.05, 0.1) is 6.54 Å². The highest BCUT2D eigenvalue weighted by molar-refractivity contribution is 5.92. The van der Waals surface area contributed by atoms with Crippen LogP contribution in [0.3, 0.4) is 0 Å². The van der Waals surface area contributed by atoms with Crippen LogP contribution in [0, 0.1) is 5.82 Å². The lowest BCUT2D eigenvalue weighted by Gasteiger charge is -2.16. The Hall–Kier alpha value is -2.20. The van der Waals surface area contributed by atoms with Gasteiger partial charge in [0.15, 0.2) is 0 Å². The van der Waals surface area contributed by atoms with Gasteiger partial charge in [0.25, 0.3) is 0 Å². The van der Waals surface area contributed by atoms with E-state index in [-0.39, 0.29) is 18.3 Å². The van der Waals surface area contributed by atoms with Gasteiger partial charge < -0.3 is 5.32 Å². The molecule has 116 valence electrons. The number of nitrogens with one attached hydrogen (secondary N) is 1. The van der Waals surface area contributed by atoms with Crippen LogP contribution in [0.5, 0.6) is 0 Å². The van der Waals surface area contributed by atoms with Crippen molar-refractivity contribution in [1.82, 2.24) is 4.90 Å². The molecule has 1 N–H and O–H groups in total. The predicted molar refractivity (Wildman–Crippen MR) is 87.2 cm³/mol. The molecule has 0 heterocycles. The molecule has 22 heavy (non-hydrogen) atoms. The number of carbonyl (C=O) groups excluding carboxylic acids is 1. The van der Waals surface area contributed by atoms with E-state index in [0.717, 1.165) is 6.42 Å². The summed E-state index contributed by atoms with van der Waals surface area (Å²) >= 11 is 0. The molecule has 0 bridgehead atoms. The van der Waals surface area contributed by atoms with Crippen molar-refractivity contribution in [1.29, 1.82) is 0 Å². The van der Waals surface area contributed by atoms with Gasteiger partial charge in [-0.05, 0) is 42.8 Å². The zero-order valence-electron chi connectivity index (χ0n) is 13.0. The van der Waals surface area contributed by atoms with Crippen LogP contribution in [0.1, 0.15) is 18.1 Å². The third-order valence-corrected chi connectivity index (χ3v) is 3.41. The number of benzene rings is 2. The van der Waals surface area contributed by atoms with Crippen LogP contribution in [-0.2, 0) is 17.8 Å². The minimum Gasteiger partial charge on any atom is -0.325 e. The molecule has 4 heteroatoms. The number of hydrogen-bond donors (Lipinski definition) is 1. The van der Waals surface area contributed by atoms with Crippen molar-refractivity contribution in [3.05, 3.63) is 65.5 Å². The number of halogens is 1. The number of likely N-dealkylation sites (N-methyl/N-ethyl adjacent to an activating group) is 1. The fourth-order valence-corrected chi connectivity index (χ4v) is 2.26. The van der Waals surface area contributed by atoms with E-state index in [1.165, 1.54) is 23.3 Å². The quantitative estimate of drug-likeness (QED) is 0.886. The fraction of sp³-hybridized carbons (Fsp3) is 0.278. The Labute approximate surface area is 130 Å². The molecule has 1 amide bonds. The lowest BCUT2D eigenvalue weighted by atomic mass is 10.1. The highest BCUT2D eigenvalue weighted by Gasteiger charge is 2.08. The van der Waals surface area contributed by atoms with Gasteiger partial charge in [-0.25, -0.2) is 4.39 Å². The number of anilines is 1. The molecule has 0 atom stereocenters. The first-order valence-electron chi connectivity index (χ1n) is 7.38. The Kier molecular flexibility index (Phi) is 5.67. The van der Waals surface area contributed by atoms with Crippen LogP contribution in [0.2, 0.25) is 0 Å². The van der Waals surface area contributed by atoms with Gasteiger partial charge in [-0.15, -0.1) is 0 Å². The minimum absolute atomic E-state index is 0.154. The SMILES string of the molecule is CCc1ccc(CN(C)CC(=O)Nc2cccc(F)c2)cc1. The van der Waals surface area contributed by atoms with Gasteiger partial charge in [0, 0.05) is 12.2 Å². The summed E-state index contributed by atoms with van der Waals surface area (Å²) < 4.78 is 13.1. The summed E-state index contributed by atoms with van der Waals surface area (Å²) in [6, 6.07) is 14.3. The van der Waals surface area contributed by atoms with Crippen molar-refractivity contribution in [3.8, 4) is 0 Å². The van der Waals surface area contributed by atoms with Crippen LogP contribution < -0.4 is 5.32 Å². The zero-order valence-corrected chi connectivity index (χ0v) is 13.0. The third-order valence-electron chi connectivity index (χ3n) is 3.41. The normalized spacial score (nSPS) is 10.7. The third kappa shape index (κ3) is 4.97. The molecule has 2 rings (SSSR count). The van der Waals surface area contributed by atoms with Gasteiger partial charge in [0.1, 0.15) is 5.82 Å². The lowest BCUT2D eigenvalue weighted by Crippen LogP contribution is -2.29. The smallest absolute Gasteiger partial charge is 0.238 e. The van der Waals surface area contributed by atoms with Gasteiger partial charge in [-0.1, -0.05) is 37.3 Å². The van der Waals surface area contributed by atoms with Gasteiger partial charge in [0.2, 0.25) is 5.91 Å². The summed E-state index contributed by atoms with van der Waals surface area (Å²) in [6.07, 6.45) is 1.02. The maximum atomic E-state index is 13.1. The van der Waals surface area contributed by atoms with Crippen molar-refractivity contribution >= 4 is 11.6 Å². The molecular weight excluding hydrogens is 279 g/mol. The number of aryl methyl sites for hydroxylation is 1. The highest BCUT2D eigenvalue weighted by atomic mass is 19.1. The first-order chi connectivity index (χ1) is 10.6. The minimum atomic E-state index is -0.359. The Morgan fingerprint density at radius 3 is 2.45 bits per heavy atom. The maximum absolute atomic E-state index is 13.1. The Balaban J connectivity index is 1.85. The molecule has 0 saturated carbocycles. The Bertz CT molecular complexity index is 625. The molecule has 3 nitrogen and oxygen atoms in total. The van der Waals surface area contributed by atoms with Gasteiger partial charge in [-0.2, -0.15) is 0 Å². The summed E-state index contributed by atoms with van der Waals surface area (Å²) in [4.78, 5) is 13.9. The first kappa shape index (κ1) is 16.2. The summed E-state index contributed by atoms with van der Waals surface area (Å²) in [5, 5.41) is 2.70. The van der Waals surface area contributed by atoms with Gasteiger partial charge in [-0.3, -0.25) is 9.69 Å². The number of hydrogen-bond acceptors (Lipinski definition) is 2. The van der Waals surface area contributed by atoms with Crippen LogP contribution in [0.25, 0.3) is 0 Å². The summed E-state index contributed by atoms with van der Waals surface area (Å²) in [5.74, 6) is -0.513. The van der Waals surface area contributed by atoms with Crippen LogP contribution in [0.15, 0.2) is 48.5 Å². The molecule has 0 aromatic heterocycles. The van der Waals surface area contributed by atoms with Crippen LogP contribution in [-0.4, -0.2) is 24.4 Å². The molecule has 0 aliphatic heterocycles. The molecule has 0 aliphatic carbocycles. The molecule has 0 unspecified atom stereocenters. The number of nitrogens with zero attached hydrogens (tertiary/aromatic N) is 1. The van der Waals surface area contributed by atoms with Gasteiger partial charge >= 0.3 is 0 Å². The van der Waals surface area contributed by atoms with Crippen molar-refractivity contribution in [3.63, 3.8) is 0 Å². The number of rotatable bonds is 6. The van der Waals surface area contributed by atoms with E-state index in [2.05, 4.69) is 36.5 Å². The van der Waals surface area contributed by atoms with Crippen molar-refractivity contribution in [2.24, 2.45) is 0 Å². The molecule has 2 aromatic carbocycles. The van der Waals surface area contributed by atoms with E-state index < -0.39 is 0 Å². The topological polar surface area (TPSA) is 32.3 Å². The van der Waals surface area contributed by atoms with E-state index in [9.17, 15) is 9.18 Å². The Morgan fingerprint density at radius 2 is 1.82 bits per heavy atom. The second-order valence-corrected chi connectivity index (χ2v) is 5.40. The fourth-order valence-electron chi connectivity index (χ4n) is 2.26. The molecule has 0 radical (unpaired) electrons.